The van der Waals surface area contributed by atoms with E-state index in [-0.39, 0.29) is 5.41 Å². The first kappa shape index (κ1) is 28.7. The quantitative estimate of drug-likeness (QED) is 0.160. The molecule has 0 saturated carbocycles. The molecule has 10 aromatic carbocycles. The van der Waals surface area contributed by atoms with Gasteiger partial charge in [0.1, 0.15) is 0 Å². The molecule has 0 spiro atoms. The normalized spacial score (nSPS) is 13.7. The molecule has 1 aliphatic carbocycles. The number of benzene rings is 10. The van der Waals surface area contributed by atoms with Gasteiger partial charge >= 0.3 is 0 Å². The highest BCUT2D eigenvalue weighted by Gasteiger charge is 2.36. The van der Waals surface area contributed by atoms with E-state index in [2.05, 4.69) is 172 Å². The van der Waals surface area contributed by atoms with Crippen LogP contribution >= 0.6 is 11.3 Å². The highest BCUT2D eigenvalue weighted by molar-refractivity contribution is 7.25. The maximum Gasteiger partial charge on any atom is 0.0361 e. The molecule has 1 aromatic heterocycles. The van der Waals surface area contributed by atoms with Gasteiger partial charge in [-0.2, -0.15) is 0 Å². The third-order valence-electron chi connectivity index (χ3n) is 12.2. The van der Waals surface area contributed by atoms with Crippen LogP contribution in [0.25, 0.3) is 107 Å². The lowest BCUT2D eigenvalue weighted by molar-refractivity contribution is 0.661. The highest BCUT2D eigenvalue weighted by atomic mass is 32.1. The van der Waals surface area contributed by atoms with Gasteiger partial charge in [0.25, 0.3) is 0 Å². The molecule has 0 bridgehead atoms. The van der Waals surface area contributed by atoms with Gasteiger partial charge in [0.2, 0.25) is 0 Å². The lowest BCUT2D eigenvalue weighted by atomic mass is 9.80. The summed E-state index contributed by atoms with van der Waals surface area (Å²) in [5.41, 5.74) is 10.7. The molecule has 0 amide bonds. The van der Waals surface area contributed by atoms with Crippen LogP contribution in [-0.4, -0.2) is 0 Å². The predicted octanol–water partition coefficient (Wildman–Crippen LogP) is 14.9. The van der Waals surface area contributed by atoms with Gasteiger partial charge in [-0.05, 0) is 129 Å². The van der Waals surface area contributed by atoms with Gasteiger partial charge in [0.15, 0.2) is 0 Å². The zero-order valence-electron chi connectivity index (χ0n) is 28.9. The van der Waals surface area contributed by atoms with Crippen LogP contribution in [0, 0.1) is 0 Å². The Labute approximate surface area is 305 Å². The molecule has 1 heteroatoms. The summed E-state index contributed by atoms with van der Waals surface area (Å²) in [7, 11) is 0. The first-order valence-electron chi connectivity index (χ1n) is 18.3. The van der Waals surface area contributed by atoms with Crippen molar-refractivity contribution in [2.45, 2.75) is 19.3 Å². The second kappa shape index (κ2) is 10.1. The van der Waals surface area contributed by atoms with Gasteiger partial charge in [-0.15, -0.1) is 11.3 Å². The van der Waals surface area contributed by atoms with Gasteiger partial charge in [-0.3, -0.25) is 0 Å². The van der Waals surface area contributed by atoms with Crippen LogP contribution in [0.1, 0.15) is 25.0 Å². The fourth-order valence-corrected chi connectivity index (χ4v) is 10.8. The van der Waals surface area contributed by atoms with Crippen LogP contribution in [-0.2, 0) is 5.41 Å². The summed E-state index contributed by atoms with van der Waals surface area (Å²) < 4.78 is 2.73. The Morgan fingerprint density at radius 2 is 0.962 bits per heavy atom. The van der Waals surface area contributed by atoms with E-state index in [4.69, 9.17) is 0 Å². The van der Waals surface area contributed by atoms with Gasteiger partial charge in [0.05, 0.1) is 0 Å². The van der Waals surface area contributed by atoms with Crippen LogP contribution in [0.2, 0.25) is 0 Å². The molecule has 52 heavy (non-hydrogen) atoms. The molecule has 0 nitrogen and oxygen atoms in total. The zero-order valence-corrected chi connectivity index (χ0v) is 29.7. The van der Waals surface area contributed by atoms with Crippen molar-refractivity contribution in [1.82, 2.24) is 0 Å². The molecular formula is C51H32S. The van der Waals surface area contributed by atoms with Gasteiger partial charge in [-0.1, -0.05) is 141 Å². The molecule has 0 N–H and O–H groups in total. The Hall–Kier alpha value is -6.02. The largest absolute Gasteiger partial charge is 0.135 e. The molecule has 0 aliphatic heterocycles. The minimum atomic E-state index is -0.0980. The summed E-state index contributed by atoms with van der Waals surface area (Å²) in [6.07, 6.45) is 0. The van der Waals surface area contributed by atoms with E-state index >= 15 is 0 Å². The molecule has 0 atom stereocenters. The van der Waals surface area contributed by atoms with E-state index in [1.807, 2.05) is 11.3 Å². The first-order chi connectivity index (χ1) is 25.5. The van der Waals surface area contributed by atoms with Crippen molar-refractivity contribution in [3.63, 3.8) is 0 Å². The second-order valence-electron chi connectivity index (χ2n) is 15.2. The Balaban J connectivity index is 1.06. The standard InChI is InChI=1S/C51H32S/c1-51(2)45-26-32(19-22-38(45)43-28-48-44(27-46(43)51)39-13-7-8-14-47(39)52-48)34-20-15-29-18-24-41-37(21-16-30-17-23-40(34)49(29)50(30)41)42-25-31-9-3-4-10-33(31)35-11-5-6-12-36(35)42/h3-28H,1-2H3. The summed E-state index contributed by atoms with van der Waals surface area (Å²) >= 11 is 1.91. The van der Waals surface area contributed by atoms with Crippen molar-refractivity contribution < 1.29 is 0 Å². The van der Waals surface area contributed by atoms with Gasteiger partial charge in [-0.25, -0.2) is 0 Å². The second-order valence-corrected chi connectivity index (χ2v) is 16.3. The number of thiophene rings is 1. The summed E-state index contributed by atoms with van der Waals surface area (Å²) in [6, 6.07) is 59.8. The van der Waals surface area contributed by atoms with Crippen molar-refractivity contribution in [2.24, 2.45) is 0 Å². The molecular weight excluding hydrogens is 645 g/mol. The lowest BCUT2D eigenvalue weighted by Crippen LogP contribution is -2.15. The van der Waals surface area contributed by atoms with Gasteiger partial charge in [0, 0.05) is 25.6 Å². The highest BCUT2D eigenvalue weighted by Crippen LogP contribution is 2.53. The molecule has 0 radical (unpaired) electrons. The number of rotatable bonds is 2. The Morgan fingerprint density at radius 1 is 0.346 bits per heavy atom. The summed E-state index contributed by atoms with van der Waals surface area (Å²) in [5.74, 6) is 0. The Morgan fingerprint density at radius 3 is 1.77 bits per heavy atom. The van der Waals surface area contributed by atoms with Gasteiger partial charge < -0.3 is 0 Å². The minimum absolute atomic E-state index is 0.0980. The minimum Gasteiger partial charge on any atom is -0.135 e. The number of fused-ring (bicyclic) bond motifs is 9. The van der Waals surface area contributed by atoms with Crippen molar-refractivity contribution in [1.29, 1.82) is 0 Å². The van der Waals surface area contributed by atoms with Crippen molar-refractivity contribution in [3.05, 3.63) is 169 Å². The zero-order chi connectivity index (χ0) is 34.3. The Kier molecular flexibility index (Phi) is 5.55. The average molecular weight is 677 g/mol. The monoisotopic (exact) mass is 676 g/mol. The SMILES string of the molecule is CC1(C)c2cc(-c3ccc4ccc5c(-c6cc7ccccc7c7ccccc67)ccc6ccc3c4c65)ccc2-c2cc3sc4ccccc4c3cc21. The van der Waals surface area contributed by atoms with Crippen molar-refractivity contribution in [3.8, 4) is 33.4 Å². The van der Waals surface area contributed by atoms with E-state index in [1.165, 1.54) is 119 Å². The van der Waals surface area contributed by atoms with Crippen molar-refractivity contribution >= 4 is 85.4 Å². The molecule has 11 aromatic rings. The smallest absolute Gasteiger partial charge is 0.0361 e. The topological polar surface area (TPSA) is 0 Å². The summed E-state index contributed by atoms with van der Waals surface area (Å²) in [4.78, 5) is 0. The number of hydrogen-bond donors (Lipinski definition) is 0. The predicted molar refractivity (Wildman–Crippen MR) is 226 cm³/mol. The molecule has 1 aliphatic rings. The Bertz CT molecular complexity index is 3320. The van der Waals surface area contributed by atoms with Crippen LogP contribution in [0.3, 0.4) is 0 Å². The summed E-state index contributed by atoms with van der Waals surface area (Å²) in [5, 5.41) is 15.8. The molecule has 0 saturated heterocycles. The van der Waals surface area contributed by atoms with E-state index in [0.717, 1.165) is 0 Å². The van der Waals surface area contributed by atoms with Crippen molar-refractivity contribution in [2.75, 3.05) is 0 Å². The summed E-state index contributed by atoms with van der Waals surface area (Å²) in [6.45, 7) is 4.81. The van der Waals surface area contributed by atoms with E-state index in [1.54, 1.807) is 0 Å². The fraction of sp³-hybridized carbons (Fsp3) is 0.0588. The van der Waals surface area contributed by atoms with E-state index < -0.39 is 0 Å². The van der Waals surface area contributed by atoms with E-state index in [0.29, 0.717) is 0 Å². The van der Waals surface area contributed by atoms with Crippen LogP contribution in [0.15, 0.2) is 158 Å². The molecule has 242 valence electrons. The fourth-order valence-electron chi connectivity index (χ4n) is 9.68. The third-order valence-corrected chi connectivity index (χ3v) is 13.3. The molecule has 0 fully saturated rings. The van der Waals surface area contributed by atoms with Crippen LogP contribution in [0.5, 0.6) is 0 Å². The average Bonchev–Trinajstić information content (AvgIpc) is 3.66. The lowest BCUT2D eigenvalue weighted by Gasteiger charge is -2.22. The maximum atomic E-state index is 2.49. The number of hydrogen-bond acceptors (Lipinski definition) is 1. The third kappa shape index (κ3) is 3.71. The van der Waals surface area contributed by atoms with Crippen LogP contribution < -0.4 is 0 Å². The molecule has 1 heterocycles. The van der Waals surface area contributed by atoms with E-state index in [9.17, 15) is 0 Å². The molecule has 12 rings (SSSR count). The molecule has 0 unspecified atom stereocenters. The van der Waals surface area contributed by atoms with Crippen LogP contribution in [0.4, 0.5) is 0 Å². The first-order valence-corrected chi connectivity index (χ1v) is 19.1. The maximum absolute atomic E-state index is 2.49.